The van der Waals surface area contributed by atoms with E-state index in [0.717, 1.165) is 12.1 Å². The number of hydrogen-bond acceptors (Lipinski definition) is 3. The summed E-state index contributed by atoms with van der Waals surface area (Å²) in [5, 5.41) is 13.7. The Kier molecular flexibility index (Phi) is 4.85. The maximum atomic E-state index is 11.2. The van der Waals surface area contributed by atoms with Gasteiger partial charge in [-0.15, -0.1) is 0 Å². The van der Waals surface area contributed by atoms with Crippen LogP contribution in [0.25, 0.3) is 0 Å². The van der Waals surface area contributed by atoms with Crippen molar-refractivity contribution in [2.24, 2.45) is 0 Å². The molecule has 1 heterocycles. The zero-order valence-corrected chi connectivity index (χ0v) is 12.7. The number of carboxylic acids is 1. The Labute approximate surface area is 128 Å². The summed E-state index contributed by atoms with van der Waals surface area (Å²) in [4.78, 5) is 11.2. The van der Waals surface area contributed by atoms with Gasteiger partial charge in [0, 0.05) is 12.2 Å². The monoisotopic (exact) mass is 308 g/mol. The lowest BCUT2D eigenvalue weighted by atomic mass is 10.2. The molecule has 1 aromatic carbocycles. The molecule has 1 atom stereocenters. The minimum atomic E-state index is -1.11. The number of ether oxygens (including phenoxy) is 1. The van der Waals surface area contributed by atoms with E-state index in [0.29, 0.717) is 6.04 Å². The van der Waals surface area contributed by atoms with Gasteiger partial charge in [0.05, 0.1) is 10.7 Å². The first-order valence-electron chi connectivity index (χ1n) is 6.71. The number of nitrogens with zero attached hydrogens (tertiary/aromatic N) is 2. The van der Waals surface area contributed by atoms with Gasteiger partial charge in [-0.3, -0.25) is 4.68 Å². The van der Waals surface area contributed by atoms with E-state index in [2.05, 4.69) is 18.9 Å². The van der Waals surface area contributed by atoms with Crippen molar-refractivity contribution < 1.29 is 14.6 Å². The van der Waals surface area contributed by atoms with Crippen molar-refractivity contribution in [3.63, 3.8) is 0 Å². The summed E-state index contributed by atoms with van der Waals surface area (Å²) in [7, 11) is 0. The average Bonchev–Trinajstić information content (AvgIpc) is 2.92. The van der Waals surface area contributed by atoms with E-state index in [-0.39, 0.29) is 22.9 Å². The van der Waals surface area contributed by atoms with Crippen LogP contribution in [0.3, 0.4) is 0 Å². The maximum Gasteiger partial charge on any atom is 0.341 e. The maximum absolute atomic E-state index is 11.2. The predicted molar refractivity (Wildman–Crippen MR) is 80.0 cm³/mol. The summed E-state index contributed by atoms with van der Waals surface area (Å²) in [6.45, 7) is 4.37. The fourth-order valence-electron chi connectivity index (χ4n) is 1.87. The van der Waals surface area contributed by atoms with E-state index in [1.165, 1.54) is 6.07 Å². The predicted octanol–water partition coefficient (Wildman–Crippen LogP) is 3.78. The SMILES string of the molecule is CCC(C)n1ccc(COc2cccc(Cl)c2C(=O)O)n1. The van der Waals surface area contributed by atoms with Gasteiger partial charge < -0.3 is 9.84 Å². The standard InChI is InChI=1S/C15H17ClN2O3/c1-3-10(2)18-8-7-11(17-18)9-21-13-6-4-5-12(16)14(13)15(19)20/h4-8,10H,3,9H2,1-2H3,(H,19,20). The Hall–Kier alpha value is -2.01. The Balaban J connectivity index is 2.12. The van der Waals surface area contributed by atoms with Crippen molar-refractivity contribution >= 4 is 17.6 Å². The Morgan fingerprint density at radius 1 is 1.48 bits per heavy atom. The first-order chi connectivity index (χ1) is 10.0. The number of aromatic nitrogens is 2. The highest BCUT2D eigenvalue weighted by Crippen LogP contribution is 2.27. The van der Waals surface area contributed by atoms with Crippen LogP contribution in [0.15, 0.2) is 30.5 Å². The first-order valence-corrected chi connectivity index (χ1v) is 7.09. The number of hydrogen-bond donors (Lipinski definition) is 1. The Morgan fingerprint density at radius 3 is 2.90 bits per heavy atom. The summed E-state index contributed by atoms with van der Waals surface area (Å²) in [6, 6.07) is 6.94. The average molecular weight is 309 g/mol. The summed E-state index contributed by atoms with van der Waals surface area (Å²) in [6.07, 6.45) is 2.88. The molecular formula is C15H17ClN2O3. The third-order valence-electron chi connectivity index (χ3n) is 3.27. The molecule has 1 aromatic heterocycles. The molecular weight excluding hydrogens is 292 g/mol. The molecule has 0 amide bonds. The molecule has 0 saturated heterocycles. The smallest absolute Gasteiger partial charge is 0.341 e. The van der Waals surface area contributed by atoms with Crippen molar-refractivity contribution in [2.45, 2.75) is 32.9 Å². The summed E-state index contributed by atoms with van der Waals surface area (Å²) in [5.41, 5.74) is 0.715. The van der Waals surface area contributed by atoms with E-state index in [1.807, 2.05) is 16.9 Å². The van der Waals surface area contributed by atoms with Crippen LogP contribution in [0.5, 0.6) is 5.75 Å². The van der Waals surface area contributed by atoms with E-state index >= 15 is 0 Å². The van der Waals surface area contributed by atoms with Gasteiger partial charge in [0.1, 0.15) is 17.9 Å². The van der Waals surface area contributed by atoms with Crippen LogP contribution < -0.4 is 4.74 Å². The van der Waals surface area contributed by atoms with Crippen molar-refractivity contribution in [1.82, 2.24) is 9.78 Å². The summed E-state index contributed by atoms with van der Waals surface area (Å²) >= 11 is 5.89. The van der Waals surface area contributed by atoms with Crippen molar-refractivity contribution in [2.75, 3.05) is 0 Å². The Bertz CT molecular complexity index is 640. The fraction of sp³-hybridized carbons (Fsp3) is 0.333. The van der Waals surface area contributed by atoms with Gasteiger partial charge >= 0.3 is 5.97 Å². The molecule has 0 fully saturated rings. The number of aromatic carboxylic acids is 1. The van der Waals surface area contributed by atoms with Gasteiger partial charge in [-0.2, -0.15) is 5.10 Å². The molecule has 1 unspecified atom stereocenters. The minimum absolute atomic E-state index is 0.0273. The van der Waals surface area contributed by atoms with Gasteiger partial charge in [0.15, 0.2) is 0 Å². The van der Waals surface area contributed by atoms with Crippen LogP contribution >= 0.6 is 11.6 Å². The van der Waals surface area contributed by atoms with Crippen LogP contribution in [0.2, 0.25) is 5.02 Å². The first kappa shape index (κ1) is 15.4. The van der Waals surface area contributed by atoms with Gasteiger partial charge in [0.25, 0.3) is 0 Å². The molecule has 112 valence electrons. The number of rotatable bonds is 6. The fourth-order valence-corrected chi connectivity index (χ4v) is 2.12. The molecule has 1 N–H and O–H groups in total. The number of halogens is 1. The second-order valence-electron chi connectivity index (χ2n) is 4.75. The second kappa shape index (κ2) is 6.63. The van der Waals surface area contributed by atoms with Crippen LogP contribution in [-0.2, 0) is 6.61 Å². The zero-order chi connectivity index (χ0) is 15.4. The van der Waals surface area contributed by atoms with E-state index in [1.54, 1.807) is 12.1 Å². The summed E-state index contributed by atoms with van der Waals surface area (Å²) < 4.78 is 7.42. The quantitative estimate of drug-likeness (QED) is 0.882. The normalized spacial score (nSPS) is 12.1. The van der Waals surface area contributed by atoms with E-state index in [9.17, 15) is 4.79 Å². The molecule has 0 aliphatic rings. The Morgan fingerprint density at radius 2 is 2.24 bits per heavy atom. The minimum Gasteiger partial charge on any atom is -0.486 e. The molecule has 2 rings (SSSR count). The van der Waals surface area contributed by atoms with Gasteiger partial charge in [0.2, 0.25) is 0 Å². The van der Waals surface area contributed by atoms with Crippen LogP contribution in [-0.4, -0.2) is 20.9 Å². The molecule has 0 radical (unpaired) electrons. The van der Waals surface area contributed by atoms with Gasteiger partial charge in [-0.1, -0.05) is 24.6 Å². The molecule has 0 saturated carbocycles. The largest absolute Gasteiger partial charge is 0.486 e. The van der Waals surface area contributed by atoms with Crippen molar-refractivity contribution in [3.05, 3.63) is 46.7 Å². The van der Waals surface area contributed by atoms with Gasteiger partial charge in [-0.05, 0) is 31.5 Å². The van der Waals surface area contributed by atoms with E-state index < -0.39 is 5.97 Å². The highest BCUT2D eigenvalue weighted by Gasteiger charge is 2.16. The van der Waals surface area contributed by atoms with Crippen LogP contribution in [0.4, 0.5) is 0 Å². The van der Waals surface area contributed by atoms with Crippen molar-refractivity contribution in [1.29, 1.82) is 0 Å². The molecule has 6 heteroatoms. The lowest BCUT2D eigenvalue weighted by Gasteiger charge is -2.10. The zero-order valence-electron chi connectivity index (χ0n) is 11.9. The number of benzene rings is 1. The molecule has 0 spiro atoms. The highest BCUT2D eigenvalue weighted by atomic mass is 35.5. The molecule has 21 heavy (non-hydrogen) atoms. The molecule has 5 nitrogen and oxygen atoms in total. The lowest BCUT2D eigenvalue weighted by molar-refractivity contribution is 0.0692. The van der Waals surface area contributed by atoms with Crippen molar-refractivity contribution in [3.8, 4) is 5.75 Å². The lowest BCUT2D eigenvalue weighted by Crippen LogP contribution is -2.07. The number of carboxylic acid groups (broad SMARTS) is 1. The molecule has 0 aliphatic heterocycles. The molecule has 0 bridgehead atoms. The molecule has 0 aliphatic carbocycles. The van der Waals surface area contributed by atoms with E-state index in [4.69, 9.17) is 21.4 Å². The van der Waals surface area contributed by atoms with Gasteiger partial charge in [-0.25, -0.2) is 4.79 Å². The topological polar surface area (TPSA) is 64.3 Å². The van der Waals surface area contributed by atoms with Crippen LogP contribution in [0, 0.1) is 0 Å². The highest BCUT2D eigenvalue weighted by molar-refractivity contribution is 6.33. The number of carbonyl (C=O) groups is 1. The molecule has 2 aromatic rings. The van der Waals surface area contributed by atoms with Crippen LogP contribution in [0.1, 0.15) is 42.4 Å². The third kappa shape index (κ3) is 3.55. The third-order valence-corrected chi connectivity index (χ3v) is 3.59. The summed E-state index contributed by atoms with van der Waals surface area (Å²) in [5.74, 6) is -0.867. The second-order valence-corrected chi connectivity index (χ2v) is 5.16.